The van der Waals surface area contributed by atoms with Gasteiger partial charge in [-0.1, -0.05) is 29.8 Å². The van der Waals surface area contributed by atoms with Crippen molar-refractivity contribution in [1.29, 1.82) is 0 Å². The molecule has 0 amide bonds. The molecule has 74 valence electrons. The van der Waals surface area contributed by atoms with E-state index in [1.54, 1.807) is 0 Å². The van der Waals surface area contributed by atoms with Gasteiger partial charge in [-0.15, -0.1) is 11.6 Å². The molecule has 0 saturated carbocycles. The highest BCUT2D eigenvalue weighted by Crippen LogP contribution is 2.11. The summed E-state index contributed by atoms with van der Waals surface area (Å²) in [5.41, 5.74) is 2.79. The summed E-state index contributed by atoms with van der Waals surface area (Å²) in [6.45, 7) is 1.97. The summed E-state index contributed by atoms with van der Waals surface area (Å²) in [5.74, 6) is 0.610. The third-order valence-corrected chi connectivity index (χ3v) is 2.16. The van der Waals surface area contributed by atoms with Gasteiger partial charge in [-0.05, 0) is 25.0 Å². The highest BCUT2D eigenvalue weighted by Gasteiger charge is 1.97. The van der Waals surface area contributed by atoms with Crippen LogP contribution in [0.2, 0.25) is 0 Å². The quantitative estimate of drug-likeness (QED) is 0.547. The van der Waals surface area contributed by atoms with E-state index in [4.69, 9.17) is 11.6 Å². The summed E-state index contributed by atoms with van der Waals surface area (Å²) < 4.78 is 0. The molecule has 1 rings (SSSR count). The Balaban J connectivity index is 2.90. The Kier molecular flexibility index (Phi) is 4.41. The molecular weight excluding hydrogens is 196 g/mol. The maximum Gasteiger partial charge on any atom is 0.150 e. The van der Waals surface area contributed by atoms with Crippen molar-refractivity contribution in [2.24, 2.45) is 0 Å². The molecule has 0 N–H and O–H groups in total. The van der Waals surface area contributed by atoms with Crippen LogP contribution < -0.4 is 0 Å². The van der Waals surface area contributed by atoms with Crippen LogP contribution >= 0.6 is 11.6 Å². The first-order chi connectivity index (χ1) is 6.77. The smallest absolute Gasteiger partial charge is 0.150 e. The lowest BCUT2D eigenvalue weighted by atomic mass is 10.0. The molecule has 0 atom stereocenters. The minimum Gasteiger partial charge on any atom is -0.298 e. The second-order valence-electron chi connectivity index (χ2n) is 3.13. The lowest BCUT2D eigenvalue weighted by molar-refractivity contribution is 0.112. The van der Waals surface area contributed by atoms with Crippen LogP contribution in [-0.4, -0.2) is 12.2 Å². The third-order valence-electron chi connectivity index (χ3n) is 1.94. The van der Waals surface area contributed by atoms with E-state index in [1.165, 1.54) is 0 Å². The second-order valence-corrected chi connectivity index (χ2v) is 3.51. The lowest BCUT2D eigenvalue weighted by Gasteiger charge is -2.00. The molecule has 0 radical (unpaired) electrons. The molecule has 1 aromatic carbocycles. The van der Waals surface area contributed by atoms with Crippen molar-refractivity contribution in [3.63, 3.8) is 0 Å². The number of halogens is 1. The predicted molar refractivity (Wildman–Crippen MR) is 60.9 cm³/mol. The number of alkyl halides is 1. The molecule has 0 heterocycles. The van der Waals surface area contributed by atoms with E-state index >= 15 is 0 Å². The van der Waals surface area contributed by atoms with E-state index in [0.29, 0.717) is 5.88 Å². The van der Waals surface area contributed by atoms with Gasteiger partial charge in [0.1, 0.15) is 0 Å². The standard InChI is InChI=1S/C12H13ClO/c1-10-5-6-11(4-2-3-7-13)12(8-10)9-14/h2,4-6,8-9H,3,7H2,1H3. The third kappa shape index (κ3) is 3.00. The fraction of sp³-hybridized carbons (Fsp3) is 0.250. The van der Waals surface area contributed by atoms with Crippen LogP contribution in [0.3, 0.4) is 0 Å². The Bertz CT molecular complexity index is 342. The van der Waals surface area contributed by atoms with Gasteiger partial charge in [-0.2, -0.15) is 0 Å². The van der Waals surface area contributed by atoms with Gasteiger partial charge in [0.15, 0.2) is 6.29 Å². The Morgan fingerprint density at radius 3 is 2.79 bits per heavy atom. The zero-order valence-electron chi connectivity index (χ0n) is 8.16. The molecule has 0 aliphatic carbocycles. The van der Waals surface area contributed by atoms with Gasteiger partial charge in [-0.25, -0.2) is 0 Å². The predicted octanol–water partition coefficient (Wildman–Crippen LogP) is 3.45. The van der Waals surface area contributed by atoms with Crippen molar-refractivity contribution in [2.45, 2.75) is 13.3 Å². The number of aryl methyl sites for hydroxylation is 1. The van der Waals surface area contributed by atoms with Gasteiger partial charge in [0.05, 0.1) is 0 Å². The highest BCUT2D eigenvalue weighted by atomic mass is 35.5. The molecule has 0 unspecified atom stereocenters. The zero-order valence-corrected chi connectivity index (χ0v) is 8.92. The van der Waals surface area contributed by atoms with Crippen molar-refractivity contribution in [2.75, 3.05) is 5.88 Å². The summed E-state index contributed by atoms with van der Waals surface area (Å²) in [5, 5.41) is 0. The van der Waals surface area contributed by atoms with Crippen LogP contribution in [0.1, 0.15) is 27.9 Å². The Labute approximate surface area is 89.4 Å². The van der Waals surface area contributed by atoms with Crippen LogP contribution in [0.15, 0.2) is 24.3 Å². The first-order valence-corrected chi connectivity index (χ1v) is 5.09. The number of carbonyl (C=O) groups excluding carboxylic acids is 1. The normalized spacial score (nSPS) is 10.7. The number of benzene rings is 1. The molecule has 14 heavy (non-hydrogen) atoms. The number of aldehydes is 1. The van der Waals surface area contributed by atoms with Crippen molar-refractivity contribution in [3.8, 4) is 0 Å². The lowest BCUT2D eigenvalue weighted by Crippen LogP contribution is -1.87. The van der Waals surface area contributed by atoms with E-state index in [2.05, 4.69) is 0 Å². The number of allylic oxidation sites excluding steroid dienone is 1. The first kappa shape index (κ1) is 11.0. The fourth-order valence-corrected chi connectivity index (χ4v) is 1.35. The molecular formula is C12H13ClO. The summed E-state index contributed by atoms with van der Waals surface area (Å²) in [6.07, 6.45) is 5.62. The van der Waals surface area contributed by atoms with E-state index in [9.17, 15) is 4.79 Å². The summed E-state index contributed by atoms with van der Waals surface area (Å²) in [7, 11) is 0. The monoisotopic (exact) mass is 208 g/mol. The van der Waals surface area contributed by atoms with Crippen LogP contribution in [0.25, 0.3) is 6.08 Å². The zero-order chi connectivity index (χ0) is 10.4. The molecule has 1 aromatic rings. The van der Waals surface area contributed by atoms with Gasteiger partial charge in [-0.3, -0.25) is 4.79 Å². The molecule has 2 heteroatoms. The number of carbonyl (C=O) groups is 1. The largest absolute Gasteiger partial charge is 0.298 e. The van der Waals surface area contributed by atoms with Gasteiger partial charge in [0.2, 0.25) is 0 Å². The van der Waals surface area contributed by atoms with Crippen LogP contribution in [0.5, 0.6) is 0 Å². The van der Waals surface area contributed by atoms with Crippen LogP contribution in [0.4, 0.5) is 0 Å². The van der Waals surface area contributed by atoms with E-state index < -0.39 is 0 Å². The average Bonchev–Trinajstić information content (AvgIpc) is 2.20. The Morgan fingerprint density at radius 2 is 2.14 bits per heavy atom. The topological polar surface area (TPSA) is 17.1 Å². The molecule has 0 bridgehead atoms. The van der Waals surface area contributed by atoms with E-state index in [0.717, 1.165) is 29.4 Å². The molecule has 0 saturated heterocycles. The molecule has 0 fully saturated rings. The summed E-state index contributed by atoms with van der Waals surface area (Å²) in [4.78, 5) is 10.8. The summed E-state index contributed by atoms with van der Waals surface area (Å²) in [6, 6.07) is 5.82. The van der Waals surface area contributed by atoms with E-state index in [1.807, 2.05) is 37.3 Å². The van der Waals surface area contributed by atoms with Crippen molar-refractivity contribution in [1.82, 2.24) is 0 Å². The summed E-state index contributed by atoms with van der Waals surface area (Å²) >= 11 is 5.55. The molecule has 0 aromatic heterocycles. The van der Waals surface area contributed by atoms with Gasteiger partial charge in [0, 0.05) is 11.4 Å². The number of hydrogen-bond acceptors (Lipinski definition) is 1. The Hall–Kier alpha value is -1.08. The van der Waals surface area contributed by atoms with Crippen molar-refractivity contribution >= 4 is 24.0 Å². The van der Waals surface area contributed by atoms with Gasteiger partial charge >= 0.3 is 0 Å². The van der Waals surface area contributed by atoms with Crippen molar-refractivity contribution in [3.05, 3.63) is 41.0 Å². The van der Waals surface area contributed by atoms with Gasteiger partial charge < -0.3 is 0 Å². The molecule has 0 spiro atoms. The minimum atomic E-state index is 0.610. The average molecular weight is 209 g/mol. The second kappa shape index (κ2) is 5.61. The number of rotatable bonds is 4. The maximum atomic E-state index is 10.8. The first-order valence-electron chi connectivity index (χ1n) is 4.56. The molecule has 0 aliphatic rings. The highest BCUT2D eigenvalue weighted by molar-refractivity contribution is 6.17. The maximum absolute atomic E-state index is 10.8. The minimum absolute atomic E-state index is 0.610. The fourth-order valence-electron chi connectivity index (χ4n) is 1.22. The SMILES string of the molecule is Cc1ccc(C=CCCCl)c(C=O)c1. The van der Waals surface area contributed by atoms with Crippen LogP contribution in [0, 0.1) is 6.92 Å². The molecule has 1 nitrogen and oxygen atoms in total. The number of hydrogen-bond donors (Lipinski definition) is 0. The van der Waals surface area contributed by atoms with Gasteiger partial charge in [0.25, 0.3) is 0 Å². The van der Waals surface area contributed by atoms with Crippen molar-refractivity contribution < 1.29 is 4.79 Å². The molecule has 0 aliphatic heterocycles. The van der Waals surface area contributed by atoms with E-state index in [-0.39, 0.29) is 0 Å². The Morgan fingerprint density at radius 1 is 1.36 bits per heavy atom. The van der Waals surface area contributed by atoms with Crippen LogP contribution in [-0.2, 0) is 0 Å².